The van der Waals surface area contributed by atoms with Crippen molar-refractivity contribution in [3.8, 4) is 0 Å². The quantitative estimate of drug-likeness (QED) is 0.779. The minimum atomic E-state index is 0.727. The average molecular weight is 252 g/mol. The number of hydrogen-bond donors (Lipinski definition) is 1. The number of nitrogens with one attached hydrogen (secondary N) is 1. The summed E-state index contributed by atoms with van der Waals surface area (Å²) < 4.78 is 2.07. The number of nitrogens with zero attached hydrogens (tertiary/aromatic N) is 3. The molecule has 2 aromatic heterocycles. The summed E-state index contributed by atoms with van der Waals surface area (Å²) in [4.78, 5) is 8.87. The van der Waals surface area contributed by atoms with E-state index in [0.717, 1.165) is 34.8 Å². The largest absolute Gasteiger partial charge is 0.351 e. The van der Waals surface area contributed by atoms with Gasteiger partial charge in [-0.3, -0.25) is 4.98 Å². The van der Waals surface area contributed by atoms with E-state index in [1.54, 1.807) is 0 Å². The minimum absolute atomic E-state index is 0.727. The zero-order valence-corrected chi connectivity index (χ0v) is 11.1. The Bertz CT molecular complexity index is 698. The maximum Gasteiger partial charge on any atom is 0.203 e. The van der Waals surface area contributed by atoms with Gasteiger partial charge in [0.05, 0.1) is 11.0 Å². The summed E-state index contributed by atoms with van der Waals surface area (Å²) in [5, 5.41) is 3.35. The Morgan fingerprint density at radius 3 is 2.74 bits per heavy atom. The van der Waals surface area contributed by atoms with Crippen LogP contribution in [0.2, 0.25) is 0 Å². The molecule has 0 spiro atoms. The summed E-state index contributed by atoms with van der Waals surface area (Å²) in [7, 11) is 2.02. The Morgan fingerprint density at radius 1 is 1.16 bits per heavy atom. The number of aryl methyl sites for hydroxylation is 2. The van der Waals surface area contributed by atoms with E-state index in [0.29, 0.717) is 0 Å². The maximum atomic E-state index is 4.58. The Balaban J connectivity index is 1.82. The number of rotatable bonds is 3. The molecule has 0 aliphatic heterocycles. The van der Waals surface area contributed by atoms with E-state index < -0.39 is 0 Å². The first-order valence-corrected chi connectivity index (χ1v) is 6.31. The smallest absolute Gasteiger partial charge is 0.203 e. The van der Waals surface area contributed by atoms with Crippen LogP contribution < -0.4 is 5.32 Å². The molecular weight excluding hydrogens is 236 g/mol. The molecule has 19 heavy (non-hydrogen) atoms. The molecule has 1 aromatic carbocycles. The van der Waals surface area contributed by atoms with Gasteiger partial charge in [-0.25, -0.2) is 4.98 Å². The van der Waals surface area contributed by atoms with E-state index in [1.165, 1.54) is 0 Å². The SMILES string of the molecule is Cc1ccc(CNc2nc3ccccc3n2C)cn1. The van der Waals surface area contributed by atoms with Crippen LogP contribution in [0.15, 0.2) is 42.6 Å². The first-order valence-electron chi connectivity index (χ1n) is 6.31. The van der Waals surface area contributed by atoms with Crippen molar-refractivity contribution in [2.24, 2.45) is 7.05 Å². The highest BCUT2D eigenvalue weighted by Crippen LogP contribution is 2.17. The van der Waals surface area contributed by atoms with Crippen molar-refractivity contribution in [3.63, 3.8) is 0 Å². The van der Waals surface area contributed by atoms with E-state index in [9.17, 15) is 0 Å². The molecule has 0 saturated heterocycles. The summed E-state index contributed by atoms with van der Waals surface area (Å²) in [5.74, 6) is 0.877. The third-order valence-electron chi connectivity index (χ3n) is 3.21. The summed E-state index contributed by atoms with van der Waals surface area (Å²) >= 11 is 0. The van der Waals surface area contributed by atoms with Crippen LogP contribution in [0.4, 0.5) is 5.95 Å². The van der Waals surface area contributed by atoms with Crippen molar-refractivity contribution in [3.05, 3.63) is 53.9 Å². The fourth-order valence-electron chi connectivity index (χ4n) is 2.09. The van der Waals surface area contributed by atoms with E-state index >= 15 is 0 Å². The molecule has 1 N–H and O–H groups in total. The number of pyridine rings is 1. The zero-order valence-electron chi connectivity index (χ0n) is 11.1. The van der Waals surface area contributed by atoms with Crippen molar-refractivity contribution in [1.29, 1.82) is 0 Å². The zero-order chi connectivity index (χ0) is 13.2. The van der Waals surface area contributed by atoms with Crippen LogP contribution >= 0.6 is 0 Å². The molecule has 0 bridgehead atoms. The van der Waals surface area contributed by atoms with Crippen molar-refractivity contribution >= 4 is 17.0 Å². The predicted molar refractivity (Wildman–Crippen MR) is 77.0 cm³/mol. The van der Waals surface area contributed by atoms with Gasteiger partial charge >= 0.3 is 0 Å². The van der Waals surface area contributed by atoms with Crippen LogP contribution in [-0.4, -0.2) is 14.5 Å². The van der Waals surface area contributed by atoms with Crippen molar-refractivity contribution in [2.45, 2.75) is 13.5 Å². The van der Waals surface area contributed by atoms with Gasteiger partial charge in [0.1, 0.15) is 0 Å². The van der Waals surface area contributed by atoms with Gasteiger partial charge in [0.25, 0.3) is 0 Å². The fourth-order valence-corrected chi connectivity index (χ4v) is 2.09. The van der Waals surface area contributed by atoms with Crippen molar-refractivity contribution < 1.29 is 0 Å². The highest BCUT2D eigenvalue weighted by Gasteiger charge is 2.06. The van der Waals surface area contributed by atoms with Crippen LogP contribution in [0.25, 0.3) is 11.0 Å². The molecule has 0 saturated carbocycles. The molecule has 4 nitrogen and oxygen atoms in total. The fraction of sp³-hybridized carbons (Fsp3) is 0.200. The third kappa shape index (κ3) is 2.29. The Morgan fingerprint density at radius 2 is 2.00 bits per heavy atom. The lowest BCUT2D eigenvalue weighted by molar-refractivity contribution is 0.925. The number of aromatic nitrogens is 3. The summed E-state index contributed by atoms with van der Waals surface area (Å²) in [6.07, 6.45) is 1.89. The predicted octanol–water partition coefficient (Wildman–Crippen LogP) is 2.89. The number of imidazole rings is 1. The topological polar surface area (TPSA) is 42.7 Å². The first kappa shape index (κ1) is 11.7. The number of benzene rings is 1. The van der Waals surface area contributed by atoms with Crippen molar-refractivity contribution in [2.75, 3.05) is 5.32 Å². The van der Waals surface area contributed by atoms with Crippen LogP contribution in [0.1, 0.15) is 11.3 Å². The maximum absolute atomic E-state index is 4.58. The second-order valence-electron chi connectivity index (χ2n) is 4.64. The van der Waals surface area contributed by atoms with Gasteiger partial charge in [-0.1, -0.05) is 18.2 Å². The van der Waals surface area contributed by atoms with Crippen LogP contribution in [0.3, 0.4) is 0 Å². The molecule has 0 amide bonds. The lowest BCUT2D eigenvalue weighted by atomic mass is 10.2. The lowest BCUT2D eigenvalue weighted by Gasteiger charge is -2.06. The van der Waals surface area contributed by atoms with Gasteiger partial charge in [0.2, 0.25) is 5.95 Å². The molecule has 0 aliphatic rings. The van der Waals surface area contributed by atoms with Gasteiger partial charge in [0.15, 0.2) is 0 Å². The number of para-hydroxylation sites is 2. The molecular formula is C15H16N4. The molecule has 3 aromatic rings. The minimum Gasteiger partial charge on any atom is -0.351 e. The highest BCUT2D eigenvalue weighted by atomic mass is 15.2. The van der Waals surface area contributed by atoms with E-state index in [2.05, 4.69) is 32.0 Å². The van der Waals surface area contributed by atoms with Gasteiger partial charge in [-0.15, -0.1) is 0 Å². The average Bonchev–Trinajstić information content (AvgIpc) is 2.76. The van der Waals surface area contributed by atoms with Gasteiger partial charge in [-0.05, 0) is 30.7 Å². The summed E-state index contributed by atoms with van der Waals surface area (Å²) in [6, 6.07) is 12.2. The van der Waals surface area contributed by atoms with Gasteiger partial charge in [-0.2, -0.15) is 0 Å². The van der Waals surface area contributed by atoms with E-state index in [-0.39, 0.29) is 0 Å². The number of fused-ring (bicyclic) bond motifs is 1. The highest BCUT2D eigenvalue weighted by molar-refractivity contribution is 5.78. The second-order valence-corrected chi connectivity index (χ2v) is 4.64. The van der Waals surface area contributed by atoms with Crippen LogP contribution in [-0.2, 0) is 13.6 Å². The number of hydrogen-bond acceptors (Lipinski definition) is 3. The Kier molecular flexibility index (Phi) is 2.91. The molecule has 0 aliphatic carbocycles. The summed E-state index contributed by atoms with van der Waals surface area (Å²) in [5.41, 5.74) is 4.32. The monoisotopic (exact) mass is 252 g/mol. The van der Waals surface area contributed by atoms with Crippen LogP contribution in [0.5, 0.6) is 0 Å². The molecule has 0 fully saturated rings. The molecule has 3 rings (SSSR count). The van der Waals surface area contributed by atoms with Gasteiger partial charge in [0, 0.05) is 25.5 Å². The molecule has 0 atom stereocenters. The van der Waals surface area contributed by atoms with E-state index in [1.807, 2.05) is 44.4 Å². The Labute approximate surface area is 112 Å². The molecule has 0 radical (unpaired) electrons. The normalized spacial score (nSPS) is 10.8. The molecule has 96 valence electrons. The van der Waals surface area contributed by atoms with Gasteiger partial charge < -0.3 is 9.88 Å². The molecule has 4 heteroatoms. The number of anilines is 1. The van der Waals surface area contributed by atoms with E-state index in [4.69, 9.17) is 0 Å². The van der Waals surface area contributed by atoms with Crippen molar-refractivity contribution in [1.82, 2.24) is 14.5 Å². The van der Waals surface area contributed by atoms with Crippen LogP contribution in [0, 0.1) is 6.92 Å². The molecule has 0 unspecified atom stereocenters. The third-order valence-corrected chi connectivity index (χ3v) is 3.21. The Hall–Kier alpha value is -2.36. The standard InChI is InChI=1S/C15H16N4/c1-11-7-8-12(9-16-11)10-17-15-18-13-5-3-4-6-14(13)19(15)2/h3-9H,10H2,1-2H3,(H,17,18). The molecule has 2 heterocycles. The summed E-state index contributed by atoms with van der Waals surface area (Å²) in [6.45, 7) is 2.72. The first-order chi connectivity index (χ1) is 9.24. The second kappa shape index (κ2) is 4.72. The lowest BCUT2D eigenvalue weighted by Crippen LogP contribution is -2.05.